The first-order valence-corrected chi connectivity index (χ1v) is 9.18. The van der Waals surface area contributed by atoms with Gasteiger partial charge in [-0.3, -0.25) is 9.89 Å². The molecule has 6 heteroatoms. The molecule has 0 aliphatic carbocycles. The lowest BCUT2D eigenvalue weighted by molar-refractivity contribution is 0.139. The summed E-state index contributed by atoms with van der Waals surface area (Å²) in [5.41, 5.74) is 0. The first-order valence-electron chi connectivity index (χ1n) is 9.18. The van der Waals surface area contributed by atoms with Crippen molar-refractivity contribution in [2.45, 2.75) is 32.6 Å². The largest absolute Gasteiger partial charge is 0.355 e. The molecule has 0 aromatic heterocycles. The van der Waals surface area contributed by atoms with Crippen LogP contribution in [-0.2, 0) is 0 Å². The molecule has 0 bridgehead atoms. The van der Waals surface area contributed by atoms with Crippen molar-refractivity contribution in [1.82, 2.24) is 20.0 Å². The van der Waals surface area contributed by atoms with E-state index < -0.39 is 0 Å². The highest BCUT2D eigenvalue weighted by atomic mass is 127. The molecule has 0 spiro atoms. The van der Waals surface area contributed by atoms with Gasteiger partial charge in [-0.05, 0) is 25.8 Å². The monoisotopic (exact) mass is 451 g/mol. The Morgan fingerprint density at radius 1 is 1.17 bits per heavy atom. The summed E-state index contributed by atoms with van der Waals surface area (Å²) >= 11 is 0. The molecule has 24 heavy (non-hydrogen) atoms. The third-order valence-electron chi connectivity index (χ3n) is 4.60. The lowest BCUT2D eigenvalue weighted by atomic mass is 10.2. The van der Waals surface area contributed by atoms with Crippen molar-refractivity contribution >= 4 is 29.9 Å². The second-order valence-electron chi connectivity index (χ2n) is 6.31. The molecular formula is C18H38IN5. The van der Waals surface area contributed by atoms with Gasteiger partial charge in [0.1, 0.15) is 0 Å². The molecule has 1 saturated heterocycles. The van der Waals surface area contributed by atoms with E-state index in [9.17, 15) is 0 Å². The van der Waals surface area contributed by atoms with E-state index in [1.165, 1.54) is 52.0 Å². The molecule has 1 heterocycles. The number of likely N-dealkylation sites (N-methyl/N-ethyl adjacent to an activating group) is 1. The van der Waals surface area contributed by atoms with Crippen molar-refractivity contribution in [3.8, 4) is 0 Å². The predicted octanol–water partition coefficient (Wildman–Crippen LogP) is 2.50. The van der Waals surface area contributed by atoms with Crippen LogP contribution >= 0.6 is 24.0 Å². The van der Waals surface area contributed by atoms with Crippen molar-refractivity contribution in [2.75, 3.05) is 66.5 Å². The Hall–Kier alpha value is -0.340. The number of rotatable bonds is 10. The Kier molecular flexibility index (Phi) is 14.7. The van der Waals surface area contributed by atoms with Crippen LogP contribution in [0.15, 0.2) is 17.6 Å². The van der Waals surface area contributed by atoms with Crippen molar-refractivity contribution in [1.29, 1.82) is 0 Å². The van der Waals surface area contributed by atoms with Crippen LogP contribution in [0.5, 0.6) is 0 Å². The van der Waals surface area contributed by atoms with E-state index in [-0.39, 0.29) is 24.0 Å². The molecule has 1 rings (SSSR count). The molecule has 1 aliphatic rings. The van der Waals surface area contributed by atoms with E-state index in [1.807, 2.05) is 13.1 Å². The first-order chi connectivity index (χ1) is 11.2. The molecule has 0 atom stereocenters. The van der Waals surface area contributed by atoms with Crippen LogP contribution in [0.1, 0.15) is 32.6 Å². The average molecular weight is 451 g/mol. The minimum Gasteiger partial charge on any atom is -0.355 e. The van der Waals surface area contributed by atoms with Crippen LogP contribution < -0.4 is 5.32 Å². The number of aliphatic imine (C=N–C) groups is 1. The van der Waals surface area contributed by atoms with Crippen molar-refractivity contribution < 1.29 is 0 Å². The standard InChI is InChI=1S/C18H37N5.HI/c1-5-7-8-9-10-12-21(4)18(19-3)20-11-13-23-16-14-22(6-2)15-17-23;/h5H,1,6-17H2,2-4H3,(H,19,20);1H. The van der Waals surface area contributed by atoms with Gasteiger partial charge in [-0.1, -0.05) is 19.4 Å². The van der Waals surface area contributed by atoms with Gasteiger partial charge in [0.15, 0.2) is 5.96 Å². The van der Waals surface area contributed by atoms with E-state index in [0.29, 0.717) is 0 Å². The third kappa shape index (κ3) is 9.84. The van der Waals surface area contributed by atoms with Gasteiger partial charge >= 0.3 is 0 Å². The Morgan fingerprint density at radius 2 is 1.83 bits per heavy atom. The summed E-state index contributed by atoms with van der Waals surface area (Å²) in [6, 6.07) is 0. The fraction of sp³-hybridized carbons (Fsp3) is 0.833. The van der Waals surface area contributed by atoms with E-state index in [1.54, 1.807) is 0 Å². The third-order valence-corrected chi connectivity index (χ3v) is 4.60. The Balaban J connectivity index is 0.00000529. The van der Waals surface area contributed by atoms with Crippen LogP contribution in [0.25, 0.3) is 0 Å². The molecule has 1 aliphatic heterocycles. The van der Waals surface area contributed by atoms with E-state index in [4.69, 9.17) is 0 Å². The summed E-state index contributed by atoms with van der Waals surface area (Å²) in [7, 11) is 4.00. The SMILES string of the molecule is C=CCCCCCN(C)C(=NC)NCCN1CCN(CC)CC1.I. The second-order valence-corrected chi connectivity index (χ2v) is 6.31. The molecule has 0 saturated carbocycles. The topological polar surface area (TPSA) is 34.1 Å². The molecule has 0 unspecified atom stereocenters. The molecular weight excluding hydrogens is 413 g/mol. The maximum absolute atomic E-state index is 4.40. The van der Waals surface area contributed by atoms with Gasteiger partial charge in [-0.15, -0.1) is 30.6 Å². The number of allylic oxidation sites excluding steroid dienone is 1. The maximum Gasteiger partial charge on any atom is 0.193 e. The van der Waals surface area contributed by atoms with Crippen LogP contribution in [0, 0.1) is 0 Å². The normalized spacial score (nSPS) is 16.5. The Bertz CT molecular complexity index is 340. The fourth-order valence-electron chi connectivity index (χ4n) is 2.96. The highest BCUT2D eigenvalue weighted by molar-refractivity contribution is 14.0. The van der Waals surface area contributed by atoms with E-state index in [2.05, 4.69) is 45.6 Å². The van der Waals surface area contributed by atoms with Gasteiger partial charge in [-0.25, -0.2) is 0 Å². The number of hydrogen-bond acceptors (Lipinski definition) is 3. The van der Waals surface area contributed by atoms with Crippen molar-refractivity contribution in [2.24, 2.45) is 4.99 Å². The van der Waals surface area contributed by atoms with Crippen LogP contribution in [0.4, 0.5) is 0 Å². The number of nitrogens with zero attached hydrogens (tertiary/aromatic N) is 4. The summed E-state index contributed by atoms with van der Waals surface area (Å²) in [4.78, 5) is 11.7. The van der Waals surface area contributed by atoms with E-state index >= 15 is 0 Å². The number of guanidine groups is 1. The Labute approximate surface area is 166 Å². The lowest BCUT2D eigenvalue weighted by Crippen LogP contribution is -2.49. The first kappa shape index (κ1) is 23.7. The molecule has 1 fully saturated rings. The maximum atomic E-state index is 4.40. The van der Waals surface area contributed by atoms with Crippen LogP contribution in [-0.4, -0.2) is 87.1 Å². The summed E-state index contributed by atoms with van der Waals surface area (Å²) in [6.07, 6.45) is 6.85. The number of nitrogens with one attached hydrogen (secondary N) is 1. The van der Waals surface area contributed by atoms with E-state index in [0.717, 1.165) is 32.0 Å². The zero-order valence-corrected chi connectivity index (χ0v) is 18.3. The second kappa shape index (κ2) is 15.0. The minimum absolute atomic E-state index is 0. The predicted molar refractivity (Wildman–Crippen MR) is 117 cm³/mol. The number of hydrogen-bond donors (Lipinski definition) is 1. The minimum atomic E-state index is 0. The number of halogens is 1. The number of piperazine rings is 1. The number of unbranched alkanes of at least 4 members (excludes halogenated alkanes) is 3. The van der Waals surface area contributed by atoms with Crippen molar-refractivity contribution in [3.63, 3.8) is 0 Å². The highest BCUT2D eigenvalue weighted by Gasteiger charge is 2.15. The molecule has 0 radical (unpaired) electrons. The Morgan fingerprint density at radius 3 is 2.42 bits per heavy atom. The molecule has 0 amide bonds. The molecule has 0 aromatic rings. The molecule has 0 aromatic carbocycles. The summed E-state index contributed by atoms with van der Waals surface area (Å²) < 4.78 is 0. The molecule has 5 nitrogen and oxygen atoms in total. The van der Waals surface area contributed by atoms with Gasteiger partial charge in [0.2, 0.25) is 0 Å². The summed E-state index contributed by atoms with van der Waals surface area (Å²) in [5.74, 6) is 1.01. The van der Waals surface area contributed by atoms with Crippen molar-refractivity contribution in [3.05, 3.63) is 12.7 Å². The quantitative estimate of drug-likeness (QED) is 0.182. The van der Waals surface area contributed by atoms with Gasteiger partial charge in [0.05, 0.1) is 0 Å². The zero-order valence-electron chi connectivity index (χ0n) is 16.0. The summed E-state index contributed by atoms with van der Waals surface area (Å²) in [6.45, 7) is 15.1. The van der Waals surface area contributed by atoms with Gasteiger partial charge in [0, 0.05) is 59.9 Å². The molecule has 1 N–H and O–H groups in total. The lowest BCUT2D eigenvalue weighted by Gasteiger charge is -2.34. The highest BCUT2D eigenvalue weighted by Crippen LogP contribution is 2.02. The smallest absolute Gasteiger partial charge is 0.193 e. The molecule has 142 valence electrons. The summed E-state index contributed by atoms with van der Waals surface area (Å²) in [5, 5.41) is 3.50. The van der Waals surface area contributed by atoms with Gasteiger partial charge in [-0.2, -0.15) is 0 Å². The van der Waals surface area contributed by atoms with Crippen LogP contribution in [0.3, 0.4) is 0 Å². The van der Waals surface area contributed by atoms with Gasteiger partial charge in [0.25, 0.3) is 0 Å². The fourth-order valence-corrected chi connectivity index (χ4v) is 2.96. The van der Waals surface area contributed by atoms with Crippen LogP contribution in [0.2, 0.25) is 0 Å². The van der Waals surface area contributed by atoms with Gasteiger partial charge < -0.3 is 15.1 Å². The average Bonchev–Trinajstić information content (AvgIpc) is 2.59. The zero-order chi connectivity index (χ0) is 16.9.